The molecule has 5 heteroatoms. The molecule has 1 heterocycles. The van der Waals surface area contributed by atoms with Crippen LogP contribution in [0.25, 0.3) is 0 Å². The zero-order valence-corrected chi connectivity index (χ0v) is 12.3. The van der Waals surface area contributed by atoms with E-state index in [1.165, 1.54) is 0 Å². The van der Waals surface area contributed by atoms with E-state index < -0.39 is 0 Å². The van der Waals surface area contributed by atoms with Gasteiger partial charge in [-0.05, 0) is 25.2 Å². The molecule has 0 amide bonds. The summed E-state index contributed by atoms with van der Waals surface area (Å²) in [6.07, 6.45) is 0.303. The number of rotatable bonds is 3. The number of benzene rings is 1. The van der Waals surface area contributed by atoms with Crippen molar-refractivity contribution in [2.75, 3.05) is 38.2 Å². The van der Waals surface area contributed by atoms with Crippen molar-refractivity contribution in [3.05, 3.63) is 22.7 Å². The van der Waals surface area contributed by atoms with Crippen LogP contribution in [0.3, 0.4) is 0 Å². The normalized spacial score (nSPS) is 21.6. The molecule has 1 aromatic rings. The Bertz CT molecular complexity index is 389. The van der Waals surface area contributed by atoms with Crippen LogP contribution in [-0.2, 0) is 4.74 Å². The van der Waals surface area contributed by atoms with Gasteiger partial charge in [-0.2, -0.15) is 0 Å². The third-order valence-corrected chi connectivity index (χ3v) is 4.44. The van der Waals surface area contributed by atoms with Crippen molar-refractivity contribution in [3.63, 3.8) is 0 Å². The molecule has 1 unspecified atom stereocenters. The van der Waals surface area contributed by atoms with E-state index in [1.54, 1.807) is 11.8 Å². The Labute approximate surface area is 115 Å². The van der Waals surface area contributed by atoms with Crippen LogP contribution in [0.1, 0.15) is 0 Å². The van der Waals surface area contributed by atoms with Crippen molar-refractivity contribution in [2.24, 2.45) is 0 Å². The maximum absolute atomic E-state index is 5.94. The first kappa shape index (κ1) is 13.2. The number of ether oxygens (including phenoxy) is 1. The quantitative estimate of drug-likeness (QED) is 0.686. The van der Waals surface area contributed by atoms with E-state index in [-0.39, 0.29) is 0 Å². The summed E-state index contributed by atoms with van der Waals surface area (Å²) in [6.45, 7) is 2.86. The molecule has 1 fully saturated rings. The monoisotopic (exact) mass is 316 g/mol. The predicted octanol–water partition coefficient (Wildman–Crippen LogP) is 2.45. The zero-order valence-electron chi connectivity index (χ0n) is 9.86. The topological polar surface area (TPSA) is 38.5 Å². The van der Waals surface area contributed by atoms with Gasteiger partial charge in [-0.3, -0.25) is 0 Å². The Hall–Kier alpha value is -0.230. The second-order valence-electron chi connectivity index (χ2n) is 4.25. The average Bonchev–Trinajstić information content (AvgIpc) is 2.30. The molecule has 0 aromatic heterocycles. The van der Waals surface area contributed by atoms with E-state index in [1.807, 2.05) is 12.1 Å². The van der Waals surface area contributed by atoms with Crippen LogP contribution in [0.2, 0.25) is 0 Å². The molecule has 94 valence electrons. The number of likely N-dealkylation sites (N-methyl/N-ethyl adjacent to an activating group) is 1. The van der Waals surface area contributed by atoms with Gasteiger partial charge in [0.1, 0.15) is 0 Å². The van der Waals surface area contributed by atoms with Crippen LogP contribution in [-0.4, -0.2) is 43.5 Å². The van der Waals surface area contributed by atoms with Gasteiger partial charge in [0, 0.05) is 33.9 Å². The maximum Gasteiger partial charge on any atom is 0.0796 e. The minimum atomic E-state index is 0.303. The number of nitrogen functional groups attached to an aromatic ring is 1. The van der Waals surface area contributed by atoms with Crippen molar-refractivity contribution in [1.82, 2.24) is 4.90 Å². The van der Waals surface area contributed by atoms with Crippen LogP contribution in [0.15, 0.2) is 27.6 Å². The molecule has 0 bridgehead atoms. The molecule has 1 aliphatic heterocycles. The summed E-state index contributed by atoms with van der Waals surface area (Å²) in [5, 5.41) is 0. The Morgan fingerprint density at radius 2 is 2.41 bits per heavy atom. The summed E-state index contributed by atoms with van der Waals surface area (Å²) >= 11 is 5.23. The molecule has 0 radical (unpaired) electrons. The third kappa shape index (κ3) is 3.88. The molecule has 2 N–H and O–H groups in total. The fourth-order valence-electron chi connectivity index (χ4n) is 1.78. The maximum atomic E-state index is 5.94. The fraction of sp³-hybridized carbons (Fsp3) is 0.500. The second kappa shape index (κ2) is 6.09. The largest absolute Gasteiger partial charge is 0.398 e. The molecular formula is C12H17BrN2OS. The zero-order chi connectivity index (χ0) is 12.3. The number of nitrogens with zero attached hydrogens (tertiary/aromatic N) is 1. The standard InChI is InChI=1S/C12H17BrN2OS/c1-15-4-5-16-10(7-15)8-17-12-6-9(13)2-3-11(12)14/h2-3,6,10H,4-5,7-8,14H2,1H3. The van der Waals surface area contributed by atoms with Gasteiger partial charge in [-0.15, -0.1) is 11.8 Å². The summed E-state index contributed by atoms with van der Waals surface area (Å²) in [5.74, 6) is 0.949. The highest BCUT2D eigenvalue weighted by atomic mass is 79.9. The van der Waals surface area contributed by atoms with Crippen LogP contribution in [0, 0.1) is 0 Å². The van der Waals surface area contributed by atoms with Gasteiger partial charge in [-0.25, -0.2) is 0 Å². The van der Waals surface area contributed by atoms with E-state index in [4.69, 9.17) is 10.5 Å². The highest BCUT2D eigenvalue weighted by Gasteiger charge is 2.18. The molecule has 3 nitrogen and oxygen atoms in total. The van der Waals surface area contributed by atoms with Crippen molar-refractivity contribution >= 4 is 33.4 Å². The molecule has 0 saturated carbocycles. The van der Waals surface area contributed by atoms with Crippen molar-refractivity contribution in [3.8, 4) is 0 Å². The average molecular weight is 317 g/mol. The predicted molar refractivity (Wildman–Crippen MR) is 76.5 cm³/mol. The van der Waals surface area contributed by atoms with E-state index >= 15 is 0 Å². The lowest BCUT2D eigenvalue weighted by molar-refractivity contribution is -0.00598. The van der Waals surface area contributed by atoms with Gasteiger partial charge in [0.15, 0.2) is 0 Å². The van der Waals surface area contributed by atoms with Gasteiger partial charge in [0.05, 0.1) is 12.7 Å². The van der Waals surface area contributed by atoms with E-state index in [9.17, 15) is 0 Å². The first-order valence-electron chi connectivity index (χ1n) is 5.63. The van der Waals surface area contributed by atoms with Crippen LogP contribution in [0.4, 0.5) is 5.69 Å². The number of nitrogens with two attached hydrogens (primary N) is 1. The number of anilines is 1. The lowest BCUT2D eigenvalue weighted by atomic mass is 10.3. The van der Waals surface area contributed by atoms with Gasteiger partial charge in [0.2, 0.25) is 0 Å². The molecule has 17 heavy (non-hydrogen) atoms. The molecule has 1 saturated heterocycles. The summed E-state index contributed by atoms with van der Waals surface area (Å²) in [5.41, 5.74) is 6.77. The highest BCUT2D eigenvalue weighted by Crippen LogP contribution is 2.29. The van der Waals surface area contributed by atoms with E-state index in [2.05, 4.69) is 33.9 Å². The smallest absolute Gasteiger partial charge is 0.0796 e. The highest BCUT2D eigenvalue weighted by molar-refractivity contribution is 9.10. The SMILES string of the molecule is CN1CCOC(CSc2cc(Br)ccc2N)C1. The Morgan fingerprint density at radius 1 is 1.59 bits per heavy atom. The third-order valence-electron chi connectivity index (χ3n) is 2.74. The Kier molecular flexibility index (Phi) is 4.73. The van der Waals surface area contributed by atoms with Crippen LogP contribution in [0.5, 0.6) is 0 Å². The molecule has 1 aromatic carbocycles. The molecule has 0 spiro atoms. The molecule has 1 atom stereocenters. The van der Waals surface area contributed by atoms with Gasteiger partial charge < -0.3 is 15.4 Å². The number of hydrogen-bond donors (Lipinski definition) is 1. The van der Waals surface area contributed by atoms with Gasteiger partial charge in [0.25, 0.3) is 0 Å². The summed E-state index contributed by atoms with van der Waals surface area (Å²) < 4.78 is 6.79. The first-order valence-corrected chi connectivity index (χ1v) is 7.41. The first-order chi connectivity index (χ1) is 8.15. The molecule has 1 aliphatic rings. The van der Waals surface area contributed by atoms with Crippen LogP contribution >= 0.6 is 27.7 Å². The lowest BCUT2D eigenvalue weighted by Gasteiger charge is -2.29. The lowest BCUT2D eigenvalue weighted by Crippen LogP contribution is -2.41. The second-order valence-corrected chi connectivity index (χ2v) is 6.23. The van der Waals surface area contributed by atoms with E-state index in [0.717, 1.165) is 40.5 Å². The number of morpholine rings is 1. The van der Waals surface area contributed by atoms with E-state index in [0.29, 0.717) is 6.10 Å². The number of halogens is 1. The van der Waals surface area contributed by atoms with Crippen molar-refractivity contribution < 1.29 is 4.74 Å². The summed E-state index contributed by atoms with van der Waals surface area (Å²) in [7, 11) is 2.13. The summed E-state index contributed by atoms with van der Waals surface area (Å²) in [6, 6.07) is 5.96. The molecule has 2 rings (SSSR count). The van der Waals surface area contributed by atoms with Gasteiger partial charge >= 0.3 is 0 Å². The molecule has 0 aliphatic carbocycles. The number of hydrogen-bond acceptors (Lipinski definition) is 4. The number of thioether (sulfide) groups is 1. The Morgan fingerprint density at radius 3 is 3.18 bits per heavy atom. The Balaban J connectivity index is 1.90. The minimum absolute atomic E-state index is 0.303. The van der Waals surface area contributed by atoms with Crippen LogP contribution < -0.4 is 5.73 Å². The van der Waals surface area contributed by atoms with Crippen molar-refractivity contribution in [1.29, 1.82) is 0 Å². The summed E-state index contributed by atoms with van der Waals surface area (Å²) in [4.78, 5) is 3.43. The fourth-order valence-corrected chi connectivity index (χ4v) is 3.31. The van der Waals surface area contributed by atoms with Gasteiger partial charge in [-0.1, -0.05) is 15.9 Å². The minimum Gasteiger partial charge on any atom is -0.398 e. The molecular weight excluding hydrogens is 300 g/mol. The van der Waals surface area contributed by atoms with Crippen molar-refractivity contribution in [2.45, 2.75) is 11.0 Å².